The van der Waals surface area contributed by atoms with Crippen molar-refractivity contribution in [2.75, 3.05) is 5.32 Å². The Kier molecular flexibility index (Phi) is 4.20. The van der Waals surface area contributed by atoms with Crippen molar-refractivity contribution >= 4 is 21.6 Å². The highest BCUT2D eigenvalue weighted by Crippen LogP contribution is 2.27. The maximum absolute atomic E-state index is 11.4. The largest absolute Gasteiger partial charge is 0.380 e. The topological polar surface area (TPSA) is 57.8 Å². The van der Waals surface area contributed by atoms with Crippen molar-refractivity contribution in [1.82, 2.24) is 10.2 Å². The average Bonchev–Trinajstić information content (AvgIpc) is 2.51. The minimum Gasteiger partial charge on any atom is -0.380 e. The van der Waals surface area contributed by atoms with Gasteiger partial charge in [0.25, 0.3) is 5.56 Å². The van der Waals surface area contributed by atoms with Crippen LogP contribution in [0.4, 0.5) is 5.69 Å². The van der Waals surface area contributed by atoms with Crippen molar-refractivity contribution < 1.29 is 0 Å². The lowest BCUT2D eigenvalue weighted by Crippen LogP contribution is -2.27. The molecule has 0 bridgehead atoms. The number of nitrogens with one attached hydrogen (secondary N) is 2. The van der Waals surface area contributed by atoms with E-state index in [-0.39, 0.29) is 5.56 Å². The summed E-state index contributed by atoms with van der Waals surface area (Å²) in [6, 6.07) is 0.442. The number of rotatable bonds is 2. The fourth-order valence-corrected chi connectivity index (χ4v) is 2.70. The van der Waals surface area contributed by atoms with Crippen molar-refractivity contribution in [3.05, 3.63) is 21.0 Å². The zero-order valence-electron chi connectivity index (χ0n) is 10.0. The molecule has 1 aliphatic rings. The highest BCUT2D eigenvalue weighted by Gasteiger charge is 2.20. The fourth-order valence-electron chi connectivity index (χ4n) is 2.39. The van der Waals surface area contributed by atoms with Gasteiger partial charge in [0, 0.05) is 6.04 Å². The van der Waals surface area contributed by atoms with E-state index in [2.05, 4.69) is 38.4 Å². The second-order valence-electron chi connectivity index (χ2n) is 4.79. The number of anilines is 1. The first-order valence-electron chi connectivity index (χ1n) is 6.18. The molecule has 0 spiro atoms. The van der Waals surface area contributed by atoms with Crippen LogP contribution in [-0.2, 0) is 0 Å². The van der Waals surface area contributed by atoms with Crippen molar-refractivity contribution in [1.29, 1.82) is 0 Å². The molecule has 2 unspecified atom stereocenters. The van der Waals surface area contributed by atoms with Crippen molar-refractivity contribution in [3.8, 4) is 0 Å². The fraction of sp³-hybridized carbons (Fsp3) is 0.667. The molecule has 1 saturated carbocycles. The number of nitrogens with zero attached hydrogens (tertiary/aromatic N) is 1. The Hall–Kier alpha value is -0.840. The van der Waals surface area contributed by atoms with Gasteiger partial charge in [-0.1, -0.05) is 26.2 Å². The molecule has 1 aromatic heterocycles. The number of H-pyrrole nitrogens is 1. The molecule has 2 N–H and O–H groups in total. The van der Waals surface area contributed by atoms with Crippen molar-refractivity contribution in [2.24, 2.45) is 5.92 Å². The second-order valence-corrected chi connectivity index (χ2v) is 5.59. The van der Waals surface area contributed by atoms with E-state index in [0.717, 1.165) is 5.69 Å². The van der Waals surface area contributed by atoms with Crippen LogP contribution in [0.1, 0.15) is 39.0 Å². The predicted octanol–water partition coefficient (Wildman–Crippen LogP) is 2.91. The summed E-state index contributed by atoms with van der Waals surface area (Å²) in [7, 11) is 0. The third kappa shape index (κ3) is 3.09. The van der Waals surface area contributed by atoms with E-state index < -0.39 is 0 Å². The van der Waals surface area contributed by atoms with Gasteiger partial charge in [-0.15, -0.1) is 0 Å². The first kappa shape index (κ1) is 12.6. The Balaban J connectivity index is 2.13. The van der Waals surface area contributed by atoms with Gasteiger partial charge >= 0.3 is 0 Å². The lowest BCUT2D eigenvalue weighted by Gasteiger charge is -2.24. The third-order valence-corrected chi connectivity index (χ3v) is 4.29. The normalized spacial score (nSPS) is 25.3. The molecule has 4 nitrogen and oxygen atoms in total. The van der Waals surface area contributed by atoms with Crippen LogP contribution in [0.2, 0.25) is 0 Å². The molecule has 0 aromatic carbocycles. The Morgan fingerprint density at radius 2 is 2.18 bits per heavy atom. The van der Waals surface area contributed by atoms with Crippen LogP contribution in [0.5, 0.6) is 0 Å². The monoisotopic (exact) mass is 299 g/mol. The molecule has 2 atom stereocenters. The third-order valence-electron chi connectivity index (χ3n) is 3.50. The summed E-state index contributed by atoms with van der Waals surface area (Å²) in [6.07, 6.45) is 7.98. The SMILES string of the molecule is CC1CCCCCC1Nc1cn[nH]c(=O)c1Br. The van der Waals surface area contributed by atoms with E-state index in [1.165, 1.54) is 32.1 Å². The lowest BCUT2D eigenvalue weighted by molar-refractivity contribution is 0.456. The summed E-state index contributed by atoms with van der Waals surface area (Å²) < 4.78 is 0.545. The molecule has 0 saturated heterocycles. The van der Waals surface area contributed by atoms with Gasteiger partial charge in [-0.05, 0) is 34.7 Å². The van der Waals surface area contributed by atoms with Crippen molar-refractivity contribution in [3.63, 3.8) is 0 Å². The summed E-state index contributed by atoms with van der Waals surface area (Å²) in [4.78, 5) is 11.4. The van der Waals surface area contributed by atoms with E-state index in [1.54, 1.807) is 6.20 Å². The van der Waals surface area contributed by atoms with Gasteiger partial charge in [0.2, 0.25) is 0 Å². The number of aromatic nitrogens is 2. The standard InChI is InChI=1S/C12H18BrN3O/c1-8-5-3-2-4-6-9(8)15-10-7-14-16-12(17)11(10)13/h7-9H,2-6H2,1H3,(H2,15,16,17). The molecule has 1 heterocycles. The second kappa shape index (κ2) is 5.67. The zero-order chi connectivity index (χ0) is 12.3. The molecule has 0 aliphatic heterocycles. The molecule has 0 amide bonds. The Morgan fingerprint density at radius 3 is 3.00 bits per heavy atom. The molecule has 1 fully saturated rings. The smallest absolute Gasteiger partial charge is 0.280 e. The Labute approximate surface area is 109 Å². The quantitative estimate of drug-likeness (QED) is 0.826. The van der Waals surface area contributed by atoms with Crippen molar-refractivity contribution in [2.45, 2.75) is 45.1 Å². The molecule has 17 heavy (non-hydrogen) atoms. The van der Waals surface area contributed by atoms with Crippen LogP contribution in [0.15, 0.2) is 15.5 Å². The Bertz CT molecular complexity index is 432. The number of halogens is 1. The van der Waals surface area contributed by atoms with Crippen LogP contribution in [0.25, 0.3) is 0 Å². The van der Waals surface area contributed by atoms with Gasteiger partial charge in [0.1, 0.15) is 4.47 Å². The molecular formula is C12H18BrN3O. The minimum atomic E-state index is -0.184. The molecule has 5 heteroatoms. The van der Waals surface area contributed by atoms with Crippen LogP contribution >= 0.6 is 15.9 Å². The first-order valence-corrected chi connectivity index (χ1v) is 6.97. The molecule has 2 rings (SSSR count). The van der Waals surface area contributed by atoms with Gasteiger partial charge in [-0.2, -0.15) is 5.10 Å². The van der Waals surface area contributed by atoms with Crippen LogP contribution in [0, 0.1) is 5.92 Å². The number of aromatic amines is 1. The Morgan fingerprint density at radius 1 is 1.41 bits per heavy atom. The number of hydrogen-bond donors (Lipinski definition) is 2. The first-order chi connectivity index (χ1) is 8.18. The van der Waals surface area contributed by atoms with Gasteiger partial charge in [0.15, 0.2) is 0 Å². The molecule has 94 valence electrons. The molecule has 1 aliphatic carbocycles. The van der Waals surface area contributed by atoms with E-state index in [0.29, 0.717) is 16.4 Å². The van der Waals surface area contributed by atoms with Crippen LogP contribution in [-0.4, -0.2) is 16.2 Å². The van der Waals surface area contributed by atoms with Gasteiger partial charge in [-0.25, -0.2) is 5.10 Å². The maximum Gasteiger partial charge on any atom is 0.280 e. The molecule has 0 radical (unpaired) electrons. The molecule has 1 aromatic rings. The summed E-state index contributed by atoms with van der Waals surface area (Å²) in [5.41, 5.74) is 0.615. The van der Waals surface area contributed by atoms with E-state index in [4.69, 9.17) is 0 Å². The summed E-state index contributed by atoms with van der Waals surface area (Å²) in [5.74, 6) is 0.642. The summed E-state index contributed by atoms with van der Waals surface area (Å²) >= 11 is 3.30. The van der Waals surface area contributed by atoms with Gasteiger partial charge in [0.05, 0.1) is 11.9 Å². The zero-order valence-corrected chi connectivity index (χ0v) is 11.6. The predicted molar refractivity (Wildman–Crippen MR) is 72.2 cm³/mol. The lowest BCUT2D eigenvalue weighted by atomic mass is 9.97. The number of hydrogen-bond acceptors (Lipinski definition) is 3. The van der Waals surface area contributed by atoms with E-state index in [1.807, 2.05) is 0 Å². The van der Waals surface area contributed by atoms with Crippen LogP contribution < -0.4 is 10.9 Å². The summed E-state index contributed by atoms with van der Waals surface area (Å²) in [5, 5.41) is 9.69. The average molecular weight is 300 g/mol. The summed E-state index contributed by atoms with van der Waals surface area (Å²) in [6.45, 7) is 2.28. The highest BCUT2D eigenvalue weighted by molar-refractivity contribution is 9.10. The van der Waals surface area contributed by atoms with E-state index >= 15 is 0 Å². The van der Waals surface area contributed by atoms with Gasteiger partial charge < -0.3 is 5.32 Å². The molecular weight excluding hydrogens is 282 g/mol. The maximum atomic E-state index is 11.4. The van der Waals surface area contributed by atoms with Gasteiger partial charge in [-0.3, -0.25) is 4.79 Å². The van der Waals surface area contributed by atoms with Crippen LogP contribution in [0.3, 0.4) is 0 Å². The highest BCUT2D eigenvalue weighted by atomic mass is 79.9. The van der Waals surface area contributed by atoms with E-state index in [9.17, 15) is 4.79 Å². The minimum absolute atomic E-state index is 0.184.